The minimum atomic E-state index is -0.606. The predicted molar refractivity (Wildman–Crippen MR) is 89.0 cm³/mol. The summed E-state index contributed by atoms with van der Waals surface area (Å²) in [5.74, 6) is 0.634. The van der Waals surface area contributed by atoms with Gasteiger partial charge in [0.25, 0.3) is 0 Å². The Morgan fingerprint density at radius 3 is 2.24 bits per heavy atom. The van der Waals surface area contributed by atoms with Crippen molar-refractivity contribution in [1.29, 1.82) is 5.26 Å². The van der Waals surface area contributed by atoms with Gasteiger partial charge in [0.1, 0.15) is 5.54 Å². The van der Waals surface area contributed by atoms with Crippen LogP contribution in [0.3, 0.4) is 0 Å². The van der Waals surface area contributed by atoms with Gasteiger partial charge in [-0.1, -0.05) is 44.2 Å². The van der Waals surface area contributed by atoms with E-state index in [-0.39, 0.29) is 0 Å². The first-order valence-corrected chi connectivity index (χ1v) is 7.85. The third kappa shape index (κ3) is 4.84. The van der Waals surface area contributed by atoms with Crippen molar-refractivity contribution in [3.05, 3.63) is 35.9 Å². The Labute approximate surface area is 130 Å². The molecule has 0 amide bonds. The lowest BCUT2D eigenvalue weighted by molar-refractivity contribution is 0.180. The van der Waals surface area contributed by atoms with Gasteiger partial charge < -0.3 is 4.90 Å². The van der Waals surface area contributed by atoms with Crippen LogP contribution in [0.1, 0.15) is 39.7 Å². The Kier molecular flexibility index (Phi) is 6.87. The number of benzene rings is 1. The van der Waals surface area contributed by atoms with Crippen LogP contribution in [0.2, 0.25) is 0 Å². The molecular weight excluding hydrogens is 258 g/mol. The summed E-state index contributed by atoms with van der Waals surface area (Å²) in [6, 6.07) is 13.0. The van der Waals surface area contributed by atoms with Crippen LogP contribution >= 0.6 is 0 Å². The molecule has 21 heavy (non-hydrogen) atoms. The first-order valence-electron chi connectivity index (χ1n) is 7.85. The van der Waals surface area contributed by atoms with E-state index < -0.39 is 5.54 Å². The maximum atomic E-state index is 9.73. The molecule has 3 nitrogen and oxygen atoms in total. The lowest BCUT2D eigenvalue weighted by Crippen LogP contribution is -2.44. The summed E-state index contributed by atoms with van der Waals surface area (Å²) in [5.41, 5.74) is 0.439. The molecule has 0 aliphatic rings. The molecule has 0 heterocycles. The Bertz CT molecular complexity index is 447. The SMILES string of the molecule is CNC(C#N)(CCN(CC(C)C)C(C)C)c1ccccc1. The summed E-state index contributed by atoms with van der Waals surface area (Å²) in [5, 5.41) is 13.0. The molecule has 116 valence electrons. The van der Waals surface area contributed by atoms with Gasteiger partial charge in [-0.15, -0.1) is 0 Å². The number of hydrogen-bond donors (Lipinski definition) is 1. The van der Waals surface area contributed by atoms with Crippen LogP contribution < -0.4 is 5.32 Å². The predicted octanol–water partition coefficient (Wildman–Crippen LogP) is 3.38. The summed E-state index contributed by atoms with van der Waals surface area (Å²) in [6.07, 6.45) is 0.787. The number of nitrogens with one attached hydrogen (secondary N) is 1. The Morgan fingerprint density at radius 2 is 1.81 bits per heavy atom. The highest BCUT2D eigenvalue weighted by Crippen LogP contribution is 2.25. The highest BCUT2D eigenvalue weighted by Gasteiger charge is 2.31. The van der Waals surface area contributed by atoms with Crippen LogP contribution in [-0.4, -0.2) is 31.1 Å². The van der Waals surface area contributed by atoms with E-state index in [4.69, 9.17) is 0 Å². The lowest BCUT2D eigenvalue weighted by atomic mass is 9.87. The molecule has 0 saturated heterocycles. The van der Waals surface area contributed by atoms with Crippen LogP contribution in [0.4, 0.5) is 0 Å². The molecule has 1 N–H and O–H groups in total. The van der Waals surface area contributed by atoms with Crippen LogP contribution in [0.5, 0.6) is 0 Å². The van der Waals surface area contributed by atoms with Crippen molar-refractivity contribution in [3.63, 3.8) is 0 Å². The number of hydrogen-bond acceptors (Lipinski definition) is 3. The molecule has 3 heteroatoms. The van der Waals surface area contributed by atoms with Crippen molar-refractivity contribution >= 4 is 0 Å². The number of nitriles is 1. The van der Waals surface area contributed by atoms with Gasteiger partial charge in [-0.05, 0) is 38.8 Å². The molecule has 0 aromatic heterocycles. The van der Waals surface area contributed by atoms with Gasteiger partial charge in [0.15, 0.2) is 0 Å². The van der Waals surface area contributed by atoms with Crippen LogP contribution in [0.15, 0.2) is 30.3 Å². The van der Waals surface area contributed by atoms with Crippen molar-refractivity contribution in [1.82, 2.24) is 10.2 Å². The van der Waals surface area contributed by atoms with E-state index in [0.29, 0.717) is 12.0 Å². The Balaban J connectivity index is 2.87. The third-order valence-corrected chi connectivity index (χ3v) is 3.99. The van der Waals surface area contributed by atoms with Gasteiger partial charge in [0.05, 0.1) is 6.07 Å². The quantitative estimate of drug-likeness (QED) is 0.796. The molecule has 0 radical (unpaired) electrons. The summed E-state index contributed by atoms with van der Waals surface area (Å²) >= 11 is 0. The molecule has 0 saturated carbocycles. The summed E-state index contributed by atoms with van der Waals surface area (Å²) in [4.78, 5) is 2.46. The molecule has 0 bridgehead atoms. The molecular formula is C18H29N3. The largest absolute Gasteiger partial charge is 0.301 e. The molecule has 1 aromatic rings. The number of nitrogens with zero attached hydrogens (tertiary/aromatic N) is 2. The second-order valence-corrected chi connectivity index (χ2v) is 6.37. The van der Waals surface area contributed by atoms with E-state index in [9.17, 15) is 5.26 Å². The molecule has 0 spiro atoms. The monoisotopic (exact) mass is 287 g/mol. The average molecular weight is 287 g/mol. The van der Waals surface area contributed by atoms with E-state index in [1.807, 2.05) is 37.4 Å². The van der Waals surface area contributed by atoms with Crippen molar-refractivity contribution in [2.75, 3.05) is 20.1 Å². The van der Waals surface area contributed by atoms with Crippen molar-refractivity contribution in [3.8, 4) is 6.07 Å². The minimum Gasteiger partial charge on any atom is -0.301 e. The zero-order chi connectivity index (χ0) is 15.9. The second kappa shape index (κ2) is 8.17. The van der Waals surface area contributed by atoms with Gasteiger partial charge in [0.2, 0.25) is 0 Å². The third-order valence-electron chi connectivity index (χ3n) is 3.99. The van der Waals surface area contributed by atoms with Crippen LogP contribution in [0.25, 0.3) is 0 Å². The van der Waals surface area contributed by atoms with E-state index in [1.165, 1.54) is 0 Å². The molecule has 0 fully saturated rings. The fourth-order valence-corrected chi connectivity index (χ4v) is 2.65. The molecule has 1 atom stereocenters. The zero-order valence-corrected chi connectivity index (χ0v) is 14.1. The highest BCUT2D eigenvalue weighted by molar-refractivity contribution is 5.31. The highest BCUT2D eigenvalue weighted by atomic mass is 15.1. The smallest absolute Gasteiger partial charge is 0.133 e. The average Bonchev–Trinajstić information content (AvgIpc) is 2.48. The van der Waals surface area contributed by atoms with Gasteiger partial charge in [-0.2, -0.15) is 5.26 Å². The molecule has 1 rings (SSSR count). The first-order chi connectivity index (χ1) is 9.95. The standard InChI is InChI=1S/C18H29N3/c1-15(2)13-21(16(3)4)12-11-18(14-19,20-5)17-9-7-6-8-10-17/h6-10,15-16,20H,11-13H2,1-5H3. The molecule has 1 aromatic carbocycles. The molecule has 0 aliphatic carbocycles. The fraction of sp³-hybridized carbons (Fsp3) is 0.611. The van der Waals surface area contributed by atoms with Crippen LogP contribution in [-0.2, 0) is 5.54 Å². The van der Waals surface area contributed by atoms with Crippen molar-refractivity contribution in [2.24, 2.45) is 5.92 Å². The molecule has 0 aliphatic heterocycles. The zero-order valence-electron chi connectivity index (χ0n) is 14.1. The van der Waals surface area contributed by atoms with Gasteiger partial charge in [-0.3, -0.25) is 5.32 Å². The van der Waals surface area contributed by atoms with Crippen molar-refractivity contribution < 1.29 is 0 Å². The van der Waals surface area contributed by atoms with Gasteiger partial charge in [-0.25, -0.2) is 0 Å². The van der Waals surface area contributed by atoms with Gasteiger partial charge >= 0.3 is 0 Å². The Hall–Kier alpha value is -1.37. The normalized spacial score (nSPS) is 14.4. The van der Waals surface area contributed by atoms with E-state index in [0.717, 1.165) is 25.1 Å². The Morgan fingerprint density at radius 1 is 1.19 bits per heavy atom. The number of rotatable bonds is 8. The first kappa shape index (κ1) is 17.7. The van der Waals surface area contributed by atoms with E-state index in [1.54, 1.807) is 0 Å². The summed E-state index contributed by atoms with van der Waals surface area (Å²) < 4.78 is 0. The summed E-state index contributed by atoms with van der Waals surface area (Å²) in [6.45, 7) is 10.9. The fourth-order valence-electron chi connectivity index (χ4n) is 2.65. The van der Waals surface area contributed by atoms with E-state index >= 15 is 0 Å². The maximum absolute atomic E-state index is 9.73. The topological polar surface area (TPSA) is 39.1 Å². The lowest BCUT2D eigenvalue weighted by Gasteiger charge is -2.33. The van der Waals surface area contributed by atoms with Gasteiger partial charge in [0, 0.05) is 19.1 Å². The summed E-state index contributed by atoms with van der Waals surface area (Å²) in [7, 11) is 1.87. The molecule has 1 unspecified atom stereocenters. The van der Waals surface area contributed by atoms with Crippen molar-refractivity contribution in [2.45, 2.75) is 45.7 Å². The minimum absolute atomic E-state index is 0.497. The van der Waals surface area contributed by atoms with E-state index in [2.05, 4.69) is 44.0 Å². The van der Waals surface area contributed by atoms with Crippen LogP contribution in [0, 0.1) is 17.2 Å². The maximum Gasteiger partial charge on any atom is 0.133 e. The second-order valence-electron chi connectivity index (χ2n) is 6.37.